The number of aromatic carboxylic acids is 1. The molecule has 0 aliphatic rings. The Morgan fingerprint density at radius 3 is 2.47 bits per heavy atom. The SMILES string of the molecule is COc1c(OC(F)(F)F)ncc(O)c1C(=O)O. The van der Waals surface area contributed by atoms with Crippen molar-refractivity contribution in [1.29, 1.82) is 0 Å². The molecule has 9 heteroatoms. The van der Waals surface area contributed by atoms with Crippen molar-refractivity contribution in [2.24, 2.45) is 0 Å². The Hall–Kier alpha value is -2.19. The first-order chi connectivity index (χ1) is 7.76. The maximum atomic E-state index is 12.0. The highest BCUT2D eigenvalue weighted by Crippen LogP contribution is 2.37. The number of aromatic hydroxyl groups is 1. The number of carbonyl (C=O) groups is 1. The van der Waals surface area contributed by atoms with Gasteiger partial charge in [-0.1, -0.05) is 0 Å². The van der Waals surface area contributed by atoms with Crippen molar-refractivity contribution in [3.05, 3.63) is 11.8 Å². The van der Waals surface area contributed by atoms with Gasteiger partial charge in [-0.3, -0.25) is 0 Å². The van der Waals surface area contributed by atoms with E-state index >= 15 is 0 Å². The highest BCUT2D eigenvalue weighted by molar-refractivity contribution is 5.94. The third-order valence-corrected chi connectivity index (χ3v) is 1.61. The fourth-order valence-electron chi connectivity index (χ4n) is 1.04. The predicted octanol–water partition coefficient (Wildman–Crippen LogP) is 1.39. The fraction of sp³-hybridized carbons (Fsp3) is 0.250. The largest absolute Gasteiger partial charge is 0.574 e. The van der Waals surface area contributed by atoms with Gasteiger partial charge in [-0.2, -0.15) is 0 Å². The Morgan fingerprint density at radius 1 is 1.47 bits per heavy atom. The molecule has 0 bridgehead atoms. The molecule has 1 heterocycles. The lowest BCUT2D eigenvalue weighted by atomic mass is 10.2. The molecule has 0 saturated heterocycles. The minimum absolute atomic E-state index is 0.521. The van der Waals surface area contributed by atoms with Gasteiger partial charge in [0.15, 0.2) is 17.1 Å². The molecular weight excluding hydrogens is 247 g/mol. The van der Waals surface area contributed by atoms with E-state index in [-0.39, 0.29) is 0 Å². The van der Waals surface area contributed by atoms with Crippen LogP contribution in [0, 0.1) is 0 Å². The van der Waals surface area contributed by atoms with Crippen LogP contribution in [0.5, 0.6) is 17.4 Å². The van der Waals surface area contributed by atoms with E-state index in [1.807, 2.05) is 0 Å². The molecule has 0 radical (unpaired) electrons. The number of rotatable bonds is 3. The Balaban J connectivity index is 3.33. The summed E-state index contributed by atoms with van der Waals surface area (Å²) < 4.78 is 43.8. The van der Waals surface area contributed by atoms with Crippen LogP contribution in [-0.4, -0.2) is 34.6 Å². The molecule has 2 N–H and O–H groups in total. The van der Waals surface area contributed by atoms with Gasteiger partial charge in [0.1, 0.15) is 0 Å². The van der Waals surface area contributed by atoms with Gasteiger partial charge in [0.2, 0.25) is 0 Å². The average Bonchev–Trinajstić information content (AvgIpc) is 2.17. The standard InChI is InChI=1S/C8H6F3NO5/c1-16-5-4(7(14)15)3(13)2-12-6(5)17-8(9,10)11/h2,13H,1H3,(H,14,15). The van der Waals surface area contributed by atoms with E-state index < -0.39 is 35.3 Å². The zero-order valence-corrected chi connectivity index (χ0v) is 8.28. The summed E-state index contributed by atoms with van der Waals surface area (Å²) >= 11 is 0. The van der Waals surface area contributed by atoms with Crippen LogP contribution in [-0.2, 0) is 0 Å². The second-order valence-corrected chi connectivity index (χ2v) is 2.71. The minimum atomic E-state index is -5.05. The molecule has 0 amide bonds. The average molecular weight is 253 g/mol. The van der Waals surface area contributed by atoms with E-state index in [9.17, 15) is 18.0 Å². The van der Waals surface area contributed by atoms with Crippen LogP contribution in [0.25, 0.3) is 0 Å². The number of ether oxygens (including phenoxy) is 2. The predicted molar refractivity (Wildman–Crippen MR) is 46.1 cm³/mol. The first-order valence-corrected chi connectivity index (χ1v) is 4.01. The molecule has 0 aliphatic carbocycles. The molecule has 0 spiro atoms. The third-order valence-electron chi connectivity index (χ3n) is 1.61. The number of halogens is 3. The highest BCUT2D eigenvalue weighted by Gasteiger charge is 2.35. The maximum Gasteiger partial charge on any atom is 0.574 e. The van der Waals surface area contributed by atoms with Crippen LogP contribution in [0.4, 0.5) is 13.2 Å². The van der Waals surface area contributed by atoms with E-state index in [0.717, 1.165) is 7.11 Å². The van der Waals surface area contributed by atoms with Gasteiger partial charge in [0.05, 0.1) is 13.3 Å². The van der Waals surface area contributed by atoms with Gasteiger partial charge >= 0.3 is 12.3 Å². The third kappa shape index (κ3) is 2.89. The number of hydrogen-bond donors (Lipinski definition) is 2. The van der Waals surface area contributed by atoms with E-state index in [2.05, 4.69) is 14.5 Å². The zero-order valence-electron chi connectivity index (χ0n) is 8.28. The van der Waals surface area contributed by atoms with E-state index in [1.54, 1.807) is 0 Å². The molecule has 1 aromatic heterocycles. The minimum Gasteiger partial charge on any atom is -0.505 e. The topological polar surface area (TPSA) is 88.9 Å². The normalized spacial score (nSPS) is 11.1. The lowest BCUT2D eigenvalue weighted by Crippen LogP contribution is -2.19. The lowest BCUT2D eigenvalue weighted by molar-refractivity contribution is -0.276. The van der Waals surface area contributed by atoms with E-state index in [0.29, 0.717) is 6.20 Å². The molecule has 0 fully saturated rings. The number of alkyl halides is 3. The molecule has 6 nitrogen and oxygen atoms in total. The summed E-state index contributed by atoms with van der Waals surface area (Å²) in [4.78, 5) is 13.8. The Kier molecular flexibility index (Phi) is 3.30. The molecule has 1 aromatic rings. The van der Waals surface area contributed by atoms with Gasteiger partial charge < -0.3 is 19.7 Å². The molecule has 94 valence electrons. The number of pyridine rings is 1. The molecule has 17 heavy (non-hydrogen) atoms. The smallest absolute Gasteiger partial charge is 0.505 e. The number of hydrogen-bond acceptors (Lipinski definition) is 5. The first-order valence-electron chi connectivity index (χ1n) is 4.01. The highest BCUT2D eigenvalue weighted by atomic mass is 19.4. The van der Waals surface area contributed by atoms with Crippen molar-refractivity contribution in [1.82, 2.24) is 4.98 Å². The number of methoxy groups -OCH3 is 1. The molecule has 0 aromatic carbocycles. The fourth-order valence-corrected chi connectivity index (χ4v) is 1.04. The summed E-state index contributed by atoms with van der Waals surface area (Å²) in [5, 5.41) is 17.9. The van der Waals surface area contributed by atoms with Crippen molar-refractivity contribution in [3.63, 3.8) is 0 Å². The van der Waals surface area contributed by atoms with Crippen molar-refractivity contribution in [3.8, 4) is 17.4 Å². The molecule has 0 unspecified atom stereocenters. The Labute approximate surface area is 92.2 Å². The molecule has 0 saturated carbocycles. The second-order valence-electron chi connectivity index (χ2n) is 2.71. The van der Waals surface area contributed by atoms with Gasteiger partial charge in [-0.05, 0) is 0 Å². The molecule has 0 atom stereocenters. The summed E-state index contributed by atoms with van der Waals surface area (Å²) in [6.45, 7) is 0. The van der Waals surface area contributed by atoms with Gasteiger partial charge in [0.25, 0.3) is 5.88 Å². The van der Waals surface area contributed by atoms with Gasteiger partial charge in [0, 0.05) is 0 Å². The zero-order chi connectivity index (χ0) is 13.2. The van der Waals surface area contributed by atoms with Crippen LogP contribution in [0.1, 0.15) is 10.4 Å². The van der Waals surface area contributed by atoms with Crippen LogP contribution in [0.3, 0.4) is 0 Å². The summed E-state index contributed by atoms with van der Waals surface area (Å²) in [5.41, 5.74) is -0.859. The van der Waals surface area contributed by atoms with E-state index in [4.69, 9.17) is 10.2 Å². The number of carboxylic acid groups (broad SMARTS) is 1. The van der Waals surface area contributed by atoms with Crippen LogP contribution < -0.4 is 9.47 Å². The summed E-state index contributed by atoms with van der Waals surface area (Å²) in [7, 11) is 0.923. The maximum absolute atomic E-state index is 12.0. The Morgan fingerprint density at radius 2 is 2.06 bits per heavy atom. The van der Waals surface area contributed by atoms with Gasteiger partial charge in [-0.25, -0.2) is 9.78 Å². The lowest BCUT2D eigenvalue weighted by Gasteiger charge is -2.13. The molecule has 0 aliphatic heterocycles. The van der Waals surface area contributed by atoms with Crippen LogP contribution >= 0.6 is 0 Å². The number of nitrogens with zero attached hydrogens (tertiary/aromatic N) is 1. The number of aromatic nitrogens is 1. The summed E-state index contributed by atoms with van der Waals surface area (Å²) in [5.74, 6) is -4.40. The number of carboxylic acids is 1. The van der Waals surface area contributed by atoms with Crippen molar-refractivity contribution < 1.29 is 37.7 Å². The Bertz CT molecular complexity index is 446. The van der Waals surface area contributed by atoms with E-state index in [1.165, 1.54) is 0 Å². The molecular formula is C8H6F3NO5. The quantitative estimate of drug-likeness (QED) is 0.846. The first kappa shape index (κ1) is 12.9. The summed E-state index contributed by atoms with van der Waals surface area (Å²) in [6.07, 6.45) is -4.53. The van der Waals surface area contributed by atoms with Crippen molar-refractivity contribution >= 4 is 5.97 Å². The molecule has 1 rings (SSSR count). The van der Waals surface area contributed by atoms with Crippen LogP contribution in [0.15, 0.2) is 6.20 Å². The van der Waals surface area contributed by atoms with Gasteiger partial charge in [-0.15, -0.1) is 13.2 Å². The summed E-state index contributed by atoms with van der Waals surface area (Å²) in [6, 6.07) is 0. The van der Waals surface area contributed by atoms with Crippen molar-refractivity contribution in [2.45, 2.75) is 6.36 Å². The monoisotopic (exact) mass is 253 g/mol. The van der Waals surface area contributed by atoms with Crippen molar-refractivity contribution in [2.75, 3.05) is 7.11 Å². The second kappa shape index (κ2) is 4.36. The van der Waals surface area contributed by atoms with Crippen LogP contribution in [0.2, 0.25) is 0 Å².